The van der Waals surface area contributed by atoms with Gasteiger partial charge < -0.3 is 10.2 Å². The average molecular weight is 354 g/mol. The smallest absolute Gasteiger partial charge is 0.274 e. The van der Waals surface area contributed by atoms with Gasteiger partial charge >= 0.3 is 0 Å². The molecule has 0 spiro atoms. The molecule has 2 heterocycles. The van der Waals surface area contributed by atoms with Crippen molar-refractivity contribution >= 4 is 23.0 Å². The molecule has 0 saturated carbocycles. The van der Waals surface area contributed by atoms with E-state index in [1.165, 1.54) is 11.3 Å². The number of hydrogen-bond acceptors (Lipinski definition) is 4. The number of carbonyl (C=O) groups excluding carboxylic acids is 1. The molecule has 4 rings (SSSR count). The van der Waals surface area contributed by atoms with Gasteiger partial charge in [-0.3, -0.25) is 4.79 Å². The minimum atomic E-state index is -0.290. The first kappa shape index (κ1) is 16.8. The summed E-state index contributed by atoms with van der Waals surface area (Å²) in [6.45, 7) is 2.68. The van der Waals surface area contributed by atoms with Crippen LogP contribution >= 0.6 is 0 Å². The van der Waals surface area contributed by atoms with Crippen molar-refractivity contribution in [2.75, 3.05) is 16.8 Å². The fourth-order valence-electron chi connectivity index (χ4n) is 3.33. The van der Waals surface area contributed by atoms with Crippen molar-refractivity contribution in [1.29, 1.82) is 5.26 Å². The van der Waals surface area contributed by atoms with Crippen molar-refractivity contribution < 1.29 is 4.79 Å². The molecule has 5 heteroatoms. The molecular weight excluding hydrogens is 336 g/mol. The van der Waals surface area contributed by atoms with Crippen LogP contribution in [0.2, 0.25) is 0 Å². The van der Waals surface area contributed by atoms with Gasteiger partial charge in [-0.05, 0) is 61.4 Å². The highest BCUT2D eigenvalue weighted by atomic mass is 16.1. The molecule has 0 aliphatic carbocycles. The lowest BCUT2D eigenvalue weighted by atomic mass is 10.2. The molecule has 0 radical (unpaired) electrons. The topological polar surface area (TPSA) is 69.0 Å². The predicted molar refractivity (Wildman–Crippen MR) is 105 cm³/mol. The Hall–Kier alpha value is -3.65. The molecule has 1 aliphatic heterocycles. The van der Waals surface area contributed by atoms with Gasteiger partial charge in [-0.15, -0.1) is 0 Å². The van der Waals surface area contributed by atoms with E-state index in [1.54, 1.807) is 19.1 Å². The van der Waals surface area contributed by atoms with E-state index in [9.17, 15) is 4.79 Å². The van der Waals surface area contributed by atoms with E-state index in [-0.39, 0.29) is 5.91 Å². The number of carbonyl (C=O) groups is 1. The van der Waals surface area contributed by atoms with E-state index in [1.807, 2.05) is 24.3 Å². The molecule has 1 amide bonds. The van der Waals surface area contributed by atoms with Crippen LogP contribution in [0.15, 0.2) is 60.7 Å². The highest BCUT2D eigenvalue weighted by Crippen LogP contribution is 2.34. The van der Waals surface area contributed by atoms with Crippen molar-refractivity contribution in [1.82, 2.24) is 4.98 Å². The van der Waals surface area contributed by atoms with Crippen LogP contribution in [0.25, 0.3) is 0 Å². The standard InChI is InChI=1S/C22H18N4O/c1-15-17(14-23)6-11-20(24-15)22(27)25-18-7-9-19(10-8-18)26-13-12-16-4-2-3-5-21(16)26/h2-11H,12-13H2,1H3,(H,25,27). The molecule has 2 aromatic carbocycles. The normalized spacial score (nSPS) is 12.4. The first-order chi connectivity index (χ1) is 13.2. The molecule has 3 aromatic rings. The lowest BCUT2D eigenvalue weighted by Crippen LogP contribution is -2.15. The third-order valence-corrected chi connectivity index (χ3v) is 4.76. The minimum Gasteiger partial charge on any atom is -0.341 e. The molecule has 1 N–H and O–H groups in total. The molecular formula is C22H18N4O. The number of para-hydroxylation sites is 1. The van der Waals surface area contributed by atoms with Crippen LogP contribution in [0.1, 0.15) is 27.3 Å². The molecule has 0 fully saturated rings. The van der Waals surface area contributed by atoms with Gasteiger partial charge in [0.1, 0.15) is 11.8 Å². The summed E-state index contributed by atoms with van der Waals surface area (Å²) in [7, 11) is 0. The summed E-state index contributed by atoms with van der Waals surface area (Å²) in [6, 6.07) is 21.5. The molecule has 27 heavy (non-hydrogen) atoms. The van der Waals surface area contributed by atoms with Gasteiger partial charge in [0.05, 0.1) is 11.3 Å². The van der Waals surface area contributed by atoms with Gasteiger partial charge in [-0.2, -0.15) is 5.26 Å². The van der Waals surface area contributed by atoms with Crippen LogP contribution < -0.4 is 10.2 Å². The summed E-state index contributed by atoms with van der Waals surface area (Å²) < 4.78 is 0. The van der Waals surface area contributed by atoms with Gasteiger partial charge in [-0.1, -0.05) is 18.2 Å². The van der Waals surface area contributed by atoms with Gasteiger partial charge in [0.15, 0.2) is 0 Å². The Labute approximate surface area is 157 Å². The van der Waals surface area contributed by atoms with Crippen LogP contribution in [0.5, 0.6) is 0 Å². The second kappa shape index (κ2) is 6.93. The highest BCUT2D eigenvalue weighted by molar-refractivity contribution is 6.03. The molecule has 132 valence electrons. The van der Waals surface area contributed by atoms with Crippen molar-refractivity contribution in [2.45, 2.75) is 13.3 Å². The molecule has 1 aromatic heterocycles. The Morgan fingerprint density at radius 1 is 1.11 bits per heavy atom. The van der Waals surface area contributed by atoms with Crippen LogP contribution in [-0.4, -0.2) is 17.4 Å². The van der Waals surface area contributed by atoms with E-state index < -0.39 is 0 Å². The van der Waals surface area contributed by atoms with Crippen LogP contribution in [0.3, 0.4) is 0 Å². The van der Waals surface area contributed by atoms with Gasteiger partial charge in [0, 0.05) is 23.6 Å². The van der Waals surface area contributed by atoms with Crippen LogP contribution in [0.4, 0.5) is 17.1 Å². The molecule has 0 bridgehead atoms. The zero-order valence-electron chi connectivity index (χ0n) is 14.9. The number of pyridine rings is 1. The molecule has 0 unspecified atom stereocenters. The summed E-state index contributed by atoms with van der Waals surface area (Å²) in [5, 5.41) is 11.8. The Kier molecular flexibility index (Phi) is 4.31. The Bertz CT molecular complexity index is 1050. The van der Waals surface area contributed by atoms with Crippen LogP contribution in [0, 0.1) is 18.3 Å². The summed E-state index contributed by atoms with van der Waals surface area (Å²) in [4.78, 5) is 18.9. The summed E-state index contributed by atoms with van der Waals surface area (Å²) in [5.74, 6) is -0.290. The van der Waals surface area contributed by atoms with Gasteiger partial charge in [0.2, 0.25) is 0 Å². The monoisotopic (exact) mass is 354 g/mol. The quantitative estimate of drug-likeness (QED) is 0.765. The fraction of sp³-hybridized carbons (Fsp3) is 0.136. The molecule has 0 saturated heterocycles. The molecule has 1 aliphatic rings. The number of amides is 1. The third-order valence-electron chi connectivity index (χ3n) is 4.76. The summed E-state index contributed by atoms with van der Waals surface area (Å²) >= 11 is 0. The maximum absolute atomic E-state index is 12.4. The van der Waals surface area contributed by atoms with E-state index in [2.05, 4.69) is 45.5 Å². The number of aromatic nitrogens is 1. The number of anilines is 3. The number of fused-ring (bicyclic) bond motifs is 1. The second-order valence-electron chi connectivity index (χ2n) is 6.47. The number of benzene rings is 2. The number of nitriles is 1. The number of rotatable bonds is 3. The largest absolute Gasteiger partial charge is 0.341 e. The first-order valence-corrected chi connectivity index (χ1v) is 8.80. The summed E-state index contributed by atoms with van der Waals surface area (Å²) in [5.41, 5.74) is 5.73. The zero-order chi connectivity index (χ0) is 18.8. The van der Waals surface area contributed by atoms with E-state index in [0.717, 1.165) is 18.7 Å². The SMILES string of the molecule is Cc1nc(C(=O)Nc2ccc(N3CCc4ccccc43)cc2)ccc1C#N. The maximum Gasteiger partial charge on any atom is 0.274 e. The molecule has 5 nitrogen and oxygen atoms in total. The number of nitrogens with one attached hydrogen (secondary N) is 1. The van der Waals surface area contributed by atoms with Gasteiger partial charge in [-0.25, -0.2) is 4.98 Å². The van der Waals surface area contributed by atoms with E-state index in [4.69, 9.17) is 5.26 Å². The first-order valence-electron chi connectivity index (χ1n) is 8.80. The minimum absolute atomic E-state index is 0.290. The predicted octanol–water partition coefficient (Wildman–Crippen LogP) is 4.21. The highest BCUT2D eigenvalue weighted by Gasteiger charge is 2.19. The zero-order valence-corrected chi connectivity index (χ0v) is 14.9. The van der Waals surface area contributed by atoms with Gasteiger partial charge in [0.25, 0.3) is 5.91 Å². The van der Waals surface area contributed by atoms with Crippen molar-refractivity contribution in [2.24, 2.45) is 0 Å². The van der Waals surface area contributed by atoms with Crippen molar-refractivity contribution in [3.8, 4) is 6.07 Å². The number of aryl methyl sites for hydroxylation is 1. The van der Waals surface area contributed by atoms with Crippen molar-refractivity contribution in [3.05, 3.63) is 83.2 Å². The second-order valence-corrected chi connectivity index (χ2v) is 6.47. The van der Waals surface area contributed by atoms with E-state index in [0.29, 0.717) is 22.6 Å². The maximum atomic E-state index is 12.4. The van der Waals surface area contributed by atoms with E-state index >= 15 is 0 Å². The Morgan fingerprint density at radius 2 is 1.89 bits per heavy atom. The lowest BCUT2D eigenvalue weighted by molar-refractivity contribution is 0.102. The van der Waals surface area contributed by atoms with Crippen LogP contribution in [-0.2, 0) is 6.42 Å². The lowest BCUT2D eigenvalue weighted by Gasteiger charge is -2.20. The fourth-order valence-corrected chi connectivity index (χ4v) is 3.33. The number of hydrogen-bond donors (Lipinski definition) is 1. The number of nitrogens with zero attached hydrogens (tertiary/aromatic N) is 3. The Morgan fingerprint density at radius 3 is 2.63 bits per heavy atom. The Balaban J connectivity index is 1.49. The molecule has 0 atom stereocenters. The van der Waals surface area contributed by atoms with Crippen molar-refractivity contribution in [3.63, 3.8) is 0 Å². The third kappa shape index (κ3) is 3.25. The average Bonchev–Trinajstić information content (AvgIpc) is 3.12. The summed E-state index contributed by atoms with van der Waals surface area (Å²) in [6.07, 6.45) is 1.04.